The van der Waals surface area contributed by atoms with Crippen molar-refractivity contribution < 1.29 is 22.4 Å². The molecular formula is C21H20F3N3O2. The molecule has 5 nitrogen and oxygen atoms in total. The van der Waals surface area contributed by atoms with Crippen molar-refractivity contribution in [2.45, 2.75) is 32.2 Å². The standard InChI is InChI=1S/C21H20F3N3O2/c1-14-2-4-15(5-3-14)12-27-11-10-18(13-27)28-17-8-6-16(7-9-17)19-25-20(29-26-19)21(22,23)24/h2-9,18H,10-13H2,1H3/t18-/m0/s1. The number of hydrogen-bond acceptors (Lipinski definition) is 5. The van der Waals surface area contributed by atoms with Crippen LogP contribution < -0.4 is 4.74 Å². The van der Waals surface area contributed by atoms with Crippen molar-refractivity contribution in [3.8, 4) is 17.1 Å². The first-order valence-corrected chi connectivity index (χ1v) is 9.33. The number of alkyl halides is 3. The van der Waals surface area contributed by atoms with Gasteiger partial charge in [-0.2, -0.15) is 18.2 Å². The van der Waals surface area contributed by atoms with Crippen LogP contribution in [-0.4, -0.2) is 34.2 Å². The maximum Gasteiger partial charge on any atom is 0.471 e. The highest BCUT2D eigenvalue weighted by molar-refractivity contribution is 5.55. The van der Waals surface area contributed by atoms with Gasteiger partial charge in [-0.05, 0) is 43.2 Å². The van der Waals surface area contributed by atoms with E-state index < -0.39 is 12.1 Å². The normalized spacial score (nSPS) is 17.6. The van der Waals surface area contributed by atoms with Crippen LogP contribution in [0.2, 0.25) is 0 Å². The summed E-state index contributed by atoms with van der Waals surface area (Å²) in [4.78, 5) is 5.74. The van der Waals surface area contributed by atoms with Gasteiger partial charge in [-0.3, -0.25) is 4.90 Å². The molecule has 1 aliphatic rings. The van der Waals surface area contributed by atoms with E-state index in [1.807, 2.05) is 0 Å². The molecule has 152 valence electrons. The van der Waals surface area contributed by atoms with Crippen LogP contribution in [0.25, 0.3) is 11.4 Å². The minimum absolute atomic E-state index is 0.0771. The number of hydrogen-bond donors (Lipinski definition) is 0. The molecule has 0 radical (unpaired) electrons. The molecule has 0 amide bonds. The van der Waals surface area contributed by atoms with E-state index >= 15 is 0 Å². The van der Waals surface area contributed by atoms with Crippen molar-refractivity contribution in [1.29, 1.82) is 0 Å². The summed E-state index contributed by atoms with van der Waals surface area (Å²) in [5.41, 5.74) is 2.96. The van der Waals surface area contributed by atoms with Gasteiger partial charge in [0.2, 0.25) is 5.82 Å². The lowest BCUT2D eigenvalue weighted by molar-refractivity contribution is -0.159. The zero-order chi connectivity index (χ0) is 20.4. The topological polar surface area (TPSA) is 51.4 Å². The molecule has 0 saturated carbocycles. The Bertz CT molecular complexity index is 953. The van der Waals surface area contributed by atoms with Crippen LogP contribution in [0.15, 0.2) is 53.1 Å². The highest BCUT2D eigenvalue weighted by Gasteiger charge is 2.38. The van der Waals surface area contributed by atoms with E-state index in [0.717, 1.165) is 26.1 Å². The third-order valence-corrected chi connectivity index (χ3v) is 4.84. The molecule has 1 aromatic heterocycles. The van der Waals surface area contributed by atoms with Gasteiger partial charge >= 0.3 is 12.1 Å². The predicted molar refractivity (Wildman–Crippen MR) is 100 cm³/mol. The molecular weight excluding hydrogens is 383 g/mol. The summed E-state index contributed by atoms with van der Waals surface area (Å²) in [6, 6.07) is 15.2. The van der Waals surface area contributed by atoms with Crippen molar-refractivity contribution in [3.05, 3.63) is 65.5 Å². The molecule has 2 aromatic carbocycles. The summed E-state index contributed by atoms with van der Waals surface area (Å²) in [5, 5.41) is 3.39. The average molecular weight is 403 g/mol. The Labute approximate surface area is 166 Å². The number of rotatable bonds is 5. The average Bonchev–Trinajstić information content (AvgIpc) is 3.34. The smallest absolute Gasteiger partial charge is 0.471 e. The summed E-state index contributed by atoms with van der Waals surface area (Å²) in [7, 11) is 0. The van der Waals surface area contributed by atoms with Gasteiger partial charge in [0.1, 0.15) is 11.9 Å². The number of nitrogens with zero attached hydrogens (tertiary/aromatic N) is 3. The molecule has 29 heavy (non-hydrogen) atoms. The van der Waals surface area contributed by atoms with Gasteiger partial charge < -0.3 is 9.26 Å². The van der Waals surface area contributed by atoms with E-state index in [2.05, 4.69) is 50.8 Å². The molecule has 0 bridgehead atoms. The molecule has 0 aliphatic carbocycles. The van der Waals surface area contributed by atoms with E-state index in [0.29, 0.717) is 11.3 Å². The van der Waals surface area contributed by atoms with Crippen LogP contribution in [-0.2, 0) is 12.7 Å². The minimum Gasteiger partial charge on any atom is -0.489 e. The molecule has 1 aliphatic heterocycles. The van der Waals surface area contributed by atoms with Gasteiger partial charge in [0.15, 0.2) is 0 Å². The lowest BCUT2D eigenvalue weighted by Gasteiger charge is -2.17. The molecule has 3 aromatic rings. The Morgan fingerprint density at radius 3 is 2.48 bits per heavy atom. The van der Waals surface area contributed by atoms with Crippen molar-refractivity contribution in [1.82, 2.24) is 15.0 Å². The first-order valence-electron chi connectivity index (χ1n) is 9.33. The highest BCUT2D eigenvalue weighted by atomic mass is 19.4. The Balaban J connectivity index is 1.33. The second-order valence-electron chi connectivity index (χ2n) is 7.19. The number of likely N-dealkylation sites (tertiary alicyclic amines) is 1. The minimum atomic E-state index is -4.65. The lowest BCUT2D eigenvalue weighted by Crippen LogP contribution is -2.24. The Morgan fingerprint density at radius 2 is 1.83 bits per heavy atom. The molecule has 0 N–H and O–H groups in total. The van der Waals surface area contributed by atoms with Crippen molar-refractivity contribution in [2.24, 2.45) is 0 Å². The van der Waals surface area contributed by atoms with E-state index in [1.165, 1.54) is 11.1 Å². The highest BCUT2D eigenvalue weighted by Crippen LogP contribution is 2.30. The number of benzene rings is 2. The summed E-state index contributed by atoms with van der Waals surface area (Å²) in [5.74, 6) is -0.794. The van der Waals surface area contributed by atoms with Crippen molar-refractivity contribution in [3.63, 3.8) is 0 Å². The molecule has 1 atom stereocenters. The molecule has 1 saturated heterocycles. The SMILES string of the molecule is Cc1ccc(CN2CC[C@H](Oc3ccc(-c4noc(C(F)(F)F)n4)cc3)C2)cc1. The quantitative estimate of drug-likeness (QED) is 0.617. The van der Waals surface area contributed by atoms with Crippen LogP contribution >= 0.6 is 0 Å². The van der Waals surface area contributed by atoms with E-state index in [1.54, 1.807) is 24.3 Å². The first-order chi connectivity index (χ1) is 13.9. The summed E-state index contributed by atoms with van der Waals surface area (Å²) in [6.45, 7) is 4.75. The maximum absolute atomic E-state index is 12.6. The van der Waals surface area contributed by atoms with Gasteiger partial charge in [0.25, 0.3) is 0 Å². The van der Waals surface area contributed by atoms with Crippen LogP contribution in [0.4, 0.5) is 13.2 Å². The third-order valence-electron chi connectivity index (χ3n) is 4.84. The van der Waals surface area contributed by atoms with E-state index in [4.69, 9.17) is 4.74 Å². The summed E-state index contributed by atoms with van der Waals surface area (Å²) in [6.07, 6.45) is -3.65. The maximum atomic E-state index is 12.6. The summed E-state index contributed by atoms with van der Waals surface area (Å²) < 4.78 is 48.0. The molecule has 8 heteroatoms. The number of aryl methyl sites for hydroxylation is 1. The fourth-order valence-corrected chi connectivity index (χ4v) is 3.32. The fraction of sp³-hybridized carbons (Fsp3) is 0.333. The van der Waals surface area contributed by atoms with Crippen molar-refractivity contribution >= 4 is 0 Å². The van der Waals surface area contributed by atoms with Gasteiger partial charge in [-0.15, -0.1) is 0 Å². The van der Waals surface area contributed by atoms with E-state index in [-0.39, 0.29) is 11.9 Å². The van der Waals surface area contributed by atoms with Gasteiger partial charge in [0.05, 0.1) is 0 Å². The van der Waals surface area contributed by atoms with Gasteiger partial charge in [-0.25, -0.2) is 0 Å². The number of halogens is 3. The largest absolute Gasteiger partial charge is 0.489 e. The predicted octanol–water partition coefficient (Wildman–Crippen LogP) is 4.72. The second kappa shape index (κ2) is 7.87. The fourth-order valence-electron chi connectivity index (χ4n) is 3.32. The molecule has 2 heterocycles. The Kier molecular flexibility index (Phi) is 5.27. The summed E-state index contributed by atoms with van der Waals surface area (Å²) >= 11 is 0. The van der Waals surface area contributed by atoms with Crippen molar-refractivity contribution in [2.75, 3.05) is 13.1 Å². The molecule has 4 rings (SSSR count). The molecule has 1 fully saturated rings. The number of aromatic nitrogens is 2. The monoisotopic (exact) mass is 403 g/mol. The van der Waals surface area contributed by atoms with E-state index in [9.17, 15) is 13.2 Å². The first kappa shape index (κ1) is 19.4. The molecule has 0 spiro atoms. The zero-order valence-electron chi connectivity index (χ0n) is 15.8. The third kappa shape index (κ3) is 4.76. The van der Waals surface area contributed by atoms with Crippen LogP contribution in [0.5, 0.6) is 5.75 Å². The lowest BCUT2D eigenvalue weighted by atomic mass is 10.1. The zero-order valence-corrected chi connectivity index (χ0v) is 15.8. The Hall–Kier alpha value is -2.87. The van der Waals surface area contributed by atoms with Crippen LogP contribution in [0, 0.1) is 6.92 Å². The van der Waals surface area contributed by atoms with Crippen LogP contribution in [0.3, 0.4) is 0 Å². The number of ether oxygens (including phenoxy) is 1. The second-order valence-corrected chi connectivity index (χ2v) is 7.19. The van der Waals surface area contributed by atoms with Gasteiger partial charge in [0, 0.05) is 25.2 Å². The van der Waals surface area contributed by atoms with Gasteiger partial charge in [-0.1, -0.05) is 35.0 Å². The Morgan fingerprint density at radius 1 is 1.10 bits per heavy atom. The molecule has 0 unspecified atom stereocenters. The van der Waals surface area contributed by atoms with Crippen LogP contribution in [0.1, 0.15) is 23.4 Å².